The Morgan fingerprint density at radius 3 is 1.57 bits per heavy atom. The Labute approximate surface area is 276 Å². The van der Waals surface area contributed by atoms with Gasteiger partial charge in [-0.15, -0.1) is 10.0 Å². The maximum absolute atomic E-state index is 16.1. The summed E-state index contributed by atoms with van der Waals surface area (Å²) in [5.74, 6) is 1.60. The molecule has 2 aliphatic heterocycles. The molecule has 7 aromatic rings. The summed E-state index contributed by atoms with van der Waals surface area (Å²) in [6.45, 7) is 0. The van der Waals surface area contributed by atoms with Gasteiger partial charge in [0.25, 0.3) is 0 Å². The number of hydrogen-bond donors (Lipinski definition) is 0. The first-order valence-corrected chi connectivity index (χ1v) is 19.0. The van der Waals surface area contributed by atoms with Crippen LogP contribution in [0.5, 0.6) is 11.5 Å². The first-order chi connectivity index (χ1) is 23.2. The summed E-state index contributed by atoms with van der Waals surface area (Å²) in [5.41, 5.74) is 2.93. The van der Waals surface area contributed by atoms with Gasteiger partial charge >= 0.3 is 0 Å². The Kier molecular flexibility index (Phi) is 6.50. The molecule has 3 nitrogen and oxygen atoms in total. The van der Waals surface area contributed by atoms with Crippen LogP contribution in [0.15, 0.2) is 202 Å². The van der Waals surface area contributed by atoms with E-state index in [-0.39, 0.29) is 0 Å². The molecule has 0 fully saturated rings. The molecule has 2 heterocycles. The van der Waals surface area contributed by atoms with E-state index < -0.39 is 17.2 Å². The van der Waals surface area contributed by atoms with Gasteiger partial charge in [-0.1, -0.05) is 103 Å². The maximum Gasteiger partial charge on any atom is 0.173 e. The van der Waals surface area contributed by atoms with Gasteiger partial charge in [-0.05, 0) is 78.9 Å². The second-order valence-corrected chi connectivity index (χ2v) is 17.4. The van der Waals surface area contributed by atoms with Gasteiger partial charge in [0.1, 0.15) is 0 Å². The van der Waals surface area contributed by atoms with Gasteiger partial charge in [-0.25, -0.2) is 0 Å². The van der Waals surface area contributed by atoms with Crippen molar-refractivity contribution in [2.45, 2.75) is 19.6 Å². The quantitative estimate of drug-likeness (QED) is 0.179. The number of nitrogens with zero attached hydrogens (tertiary/aromatic N) is 1. The van der Waals surface area contributed by atoms with E-state index in [9.17, 15) is 0 Å². The molecule has 226 valence electrons. The minimum atomic E-state index is -3.28. The standard InChI is InChI=1S/C42H30NO2PS/c44-46(32-16-4-1-5-17-32)39-26-14-15-27-41(39)47(33-18-6-2-7-19-33,34-20-8-3-9-21-34)42-30-31(28-29-40(42)46)43-35-22-10-12-24-37(35)45-38-25-13-11-23-36(38)43/h1-30H. The minimum absolute atomic E-state index is 0.800. The predicted octanol–water partition coefficient (Wildman–Crippen LogP) is 10.6. The maximum atomic E-state index is 16.1. The molecule has 2 aliphatic rings. The first kappa shape index (κ1) is 28.0. The lowest BCUT2D eigenvalue weighted by Crippen LogP contribution is -2.35. The highest BCUT2D eigenvalue weighted by molar-refractivity contribution is 8.34. The van der Waals surface area contributed by atoms with E-state index in [0.29, 0.717) is 0 Å². The van der Waals surface area contributed by atoms with Crippen molar-refractivity contribution in [3.63, 3.8) is 0 Å². The van der Waals surface area contributed by atoms with Crippen LogP contribution in [0.2, 0.25) is 0 Å². The monoisotopic (exact) mass is 643 g/mol. The molecule has 0 aliphatic carbocycles. The summed E-state index contributed by atoms with van der Waals surface area (Å²) in [4.78, 5) is 6.91. The van der Waals surface area contributed by atoms with Crippen LogP contribution in [0, 0.1) is 0 Å². The number of fused-ring (bicyclic) bond motifs is 4. The van der Waals surface area contributed by atoms with Gasteiger partial charge in [0.15, 0.2) is 18.6 Å². The third-order valence-corrected chi connectivity index (χ3v) is 16.6. The fourth-order valence-electron chi connectivity index (χ4n) is 7.16. The van der Waals surface area contributed by atoms with E-state index in [1.807, 2.05) is 72.8 Å². The van der Waals surface area contributed by atoms with E-state index in [4.69, 9.17) is 4.74 Å². The van der Waals surface area contributed by atoms with Crippen molar-refractivity contribution in [2.75, 3.05) is 4.90 Å². The smallest absolute Gasteiger partial charge is 0.173 e. The molecule has 0 aromatic heterocycles. The molecule has 0 amide bonds. The fraction of sp³-hybridized carbons (Fsp3) is 0. The van der Waals surface area contributed by atoms with E-state index in [2.05, 4.69) is 114 Å². The molecule has 0 saturated heterocycles. The molecule has 9 rings (SSSR count). The van der Waals surface area contributed by atoms with Crippen molar-refractivity contribution < 1.29 is 9.30 Å². The van der Waals surface area contributed by atoms with Gasteiger partial charge in [0.2, 0.25) is 0 Å². The Balaban J connectivity index is 1.43. The van der Waals surface area contributed by atoms with Crippen LogP contribution in [0.3, 0.4) is 0 Å². The van der Waals surface area contributed by atoms with Crippen molar-refractivity contribution in [1.29, 1.82) is 0 Å². The van der Waals surface area contributed by atoms with E-state index in [0.717, 1.165) is 54.3 Å². The normalized spacial score (nSPS) is 17.7. The van der Waals surface area contributed by atoms with Crippen LogP contribution < -0.4 is 25.6 Å². The number of anilines is 3. The Hall–Kier alpha value is -5.28. The highest BCUT2D eigenvalue weighted by Gasteiger charge is 2.48. The van der Waals surface area contributed by atoms with Gasteiger partial charge in [0.05, 0.1) is 11.4 Å². The van der Waals surface area contributed by atoms with Crippen LogP contribution in [0.25, 0.3) is 0 Å². The molecule has 0 spiro atoms. The molecule has 5 heteroatoms. The summed E-state index contributed by atoms with van der Waals surface area (Å²) in [6, 6.07) is 63.0. The molecule has 1 atom stereocenters. The molecule has 0 N–H and O–H groups in total. The van der Waals surface area contributed by atoms with Crippen molar-refractivity contribution >= 4 is 50.1 Å². The topological polar surface area (TPSA) is 29.5 Å². The fourth-order valence-corrected chi connectivity index (χ4v) is 15.5. The summed E-state index contributed by atoms with van der Waals surface area (Å²) >= 11 is 0. The van der Waals surface area contributed by atoms with Crippen molar-refractivity contribution in [1.82, 2.24) is 0 Å². The molecular weight excluding hydrogens is 614 g/mol. The third-order valence-electron chi connectivity index (χ3n) is 9.15. The Morgan fingerprint density at radius 1 is 0.468 bits per heavy atom. The second kappa shape index (κ2) is 10.9. The van der Waals surface area contributed by atoms with Crippen molar-refractivity contribution in [3.8, 4) is 11.5 Å². The van der Waals surface area contributed by atoms with E-state index in [1.165, 1.54) is 9.79 Å². The molecule has 0 radical (unpaired) electrons. The molecule has 0 bridgehead atoms. The van der Waals surface area contributed by atoms with Crippen LogP contribution in [0.4, 0.5) is 17.1 Å². The zero-order chi connectivity index (χ0) is 31.4. The molecular formula is C42H30NO2PS. The predicted molar refractivity (Wildman–Crippen MR) is 194 cm³/mol. The molecule has 0 saturated carbocycles. The molecule has 47 heavy (non-hydrogen) atoms. The average molecular weight is 644 g/mol. The lowest BCUT2D eigenvalue weighted by atomic mass is 10.1. The highest BCUT2D eigenvalue weighted by Crippen LogP contribution is 2.77. The van der Waals surface area contributed by atoms with Gasteiger partial charge in [-0.2, -0.15) is 0 Å². The van der Waals surface area contributed by atoms with Crippen LogP contribution in [-0.2, 0) is 4.57 Å². The number of benzene rings is 7. The summed E-state index contributed by atoms with van der Waals surface area (Å²) in [5, 5.41) is 2.65. The van der Waals surface area contributed by atoms with E-state index in [1.54, 1.807) is 0 Å². The zero-order valence-corrected chi connectivity index (χ0v) is 27.2. The SMILES string of the molecule is O=P1(c2ccccc2)c2ccccc2S(c2ccccc2)(c2ccccc2)c2cc(N3c4ccccc4Oc4ccccc43)ccc21. The lowest BCUT2D eigenvalue weighted by Gasteiger charge is -2.49. The van der Waals surface area contributed by atoms with Gasteiger partial charge in [0, 0.05) is 41.2 Å². The summed E-state index contributed by atoms with van der Waals surface area (Å²) < 4.78 is 22.5. The number of rotatable bonds is 4. The van der Waals surface area contributed by atoms with Gasteiger partial charge in [-0.3, -0.25) is 0 Å². The lowest BCUT2D eigenvalue weighted by molar-refractivity contribution is 0.477. The van der Waals surface area contributed by atoms with Crippen molar-refractivity contribution in [2.24, 2.45) is 0 Å². The zero-order valence-electron chi connectivity index (χ0n) is 25.4. The van der Waals surface area contributed by atoms with Crippen LogP contribution in [0.1, 0.15) is 0 Å². The first-order valence-electron chi connectivity index (χ1n) is 15.7. The number of hydrogen-bond acceptors (Lipinski definition) is 3. The van der Waals surface area contributed by atoms with Crippen molar-refractivity contribution in [3.05, 3.63) is 182 Å². The molecule has 1 unspecified atom stereocenters. The number of ether oxygens (including phenoxy) is 1. The molecule has 7 aromatic carbocycles. The van der Waals surface area contributed by atoms with Crippen LogP contribution >= 0.6 is 17.2 Å². The third kappa shape index (κ3) is 4.05. The second-order valence-electron chi connectivity index (χ2n) is 11.7. The van der Waals surface area contributed by atoms with E-state index >= 15 is 4.57 Å². The Morgan fingerprint density at radius 2 is 0.957 bits per heavy atom. The Bertz CT molecular complexity index is 2240. The summed E-state index contributed by atoms with van der Waals surface area (Å²) in [7, 11) is -5.38. The minimum Gasteiger partial charge on any atom is -0.453 e. The largest absolute Gasteiger partial charge is 0.453 e. The van der Waals surface area contributed by atoms with Gasteiger partial charge < -0.3 is 14.2 Å². The summed E-state index contributed by atoms with van der Waals surface area (Å²) in [6.07, 6.45) is 0. The highest BCUT2D eigenvalue weighted by atomic mass is 32.3. The number of para-hydroxylation sites is 4. The van der Waals surface area contributed by atoms with Crippen LogP contribution in [-0.4, -0.2) is 0 Å². The average Bonchev–Trinajstić information content (AvgIpc) is 3.15.